The predicted molar refractivity (Wildman–Crippen MR) is 53.4 cm³/mol. The largest absolute Gasteiger partial charge is 0.313 e. The number of rotatable bonds is 3. The maximum atomic E-state index is 3.40. The van der Waals surface area contributed by atoms with Gasteiger partial charge in [-0.3, -0.25) is 0 Å². The molecule has 0 saturated carbocycles. The molecule has 1 N–H and O–H groups in total. The fourth-order valence-electron chi connectivity index (χ4n) is 1.93. The number of nitrogens with one attached hydrogen (secondary N) is 1. The Morgan fingerprint density at radius 3 is 2.58 bits per heavy atom. The fourth-order valence-corrected chi connectivity index (χ4v) is 1.93. The molecule has 0 radical (unpaired) electrons. The summed E-state index contributed by atoms with van der Waals surface area (Å²) in [7, 11) is 2.07. The van der Waals surface area contributed by atoms with Crippen molar-refractivity contribution in [2.24, 2.45) is 5.92 Å². The Kier molecular flexibility index (Phi) is 3.13. The Morgan fingerprint density at radius 1 is 1.50 bits per heavy atom. The van der Waals surface area contributed by atoms with Gasteiger partial charge in [0.2, 0.25) is 0 Å². The quantitative estimate of drug-likeness (QED) is 0.687. The Morgan fingerprint density at radius 2 is 2.17 bits per heavy atom. The van der Waals surface area contributed by atoms with Gasteiger partial charge in [0.25, 0.3) is 0 Å². The highest BCUT2D eigenvalue weighted by molar-refractivity contribution is 4.92. The van der Waals surface area contributed by atoms with Crippen LogP contribution in [-0.2, 0) is 0 Å². The third-order valence-corrected chi connectivity index (χ3v) is 2.78. The first-order valence-corrected chi connectivity index (χ1v) is 4.97. The molecule has 1 aliphatic heterocycles. The molecule has 1 saturated heterocycles. The molecule has 1 unspecified atom stereocenters. The van der Waals surface area contributed by atoms with E-state index in [2.05, 4.69) is 38.0 Å². The summed E-state index contributed by atoms with van der Waals surface area (Å²) in [5.41, 5.74) is 0.370. The molecule has 0 bridgehead atoms. The number of likely N-dealkylation sites (tertiary alicyclic amines) is 1. The molecule has 1 atom stereocenters. The first kappa shape index (κ1) is 10.0. The zero-order valence-electron chi connectivity index (χ0n) is 8.85. The van der Waals surface area contributed by atoms with Crippen molar-refractivity contribution in [1.29, 1.82) is 0 Å². The highest BCUT2D eigenvalue weighted by Gasteiger charge is 2.31. The molecule has 1 rings (SSSR count). The minimum atomic E-state index is 0.370. The van der Waals surface area contributed by atoms with E-state index in [0.717, 1.165) is 5.92 Å². The highest BCUT2D eigenvalue weighted by atomic mass is 15.2. The van der Waals surface area contributed by atoms with E-state index in [1.165, 1.54) is 26.1 Å². The van der Waals surface area contributed by atoms with Crippen molar-refractivity contribution < 1.29 is 0 Å². The van der Waals surface area contributed by atoms with E-state index < -0.39 is 0 Å². The minimum absolute atomic E-state index is 0.370. The molecule has 72 valence electrons. The van der Waals surface area contributed by atoms with Crippen LogP contribution < -0.4 is 5.32 Å². The second kappa shape index (κ2) is 3.75. The lowest BCUT2D eigenvalue weighted by Gasteiger charge is -2.24. The summed E-state index contributed by atoms with van der Waals surface area (Å²) < 4.78 is 0. The first-order valence-electron chi connectivity index (χ1n) is 4.97. The molecule has 2 heteroatoms. The molecule has 12 heavy (non-hydrogen) atoms. The Balaban J connectivity index is 2.35. The molecule has 1 aliphatic rings. The molecule has 0 amide bonds. The van der Waals surface area contributed by atoms with E-state index in [9.17, 15) is 0 Å². The van der Waals surface area contributed by atoms with Crippen molar-refractivity contribution in [3.63, 3.8) is 0 Å². The summed E-state index contributed by atoms with van der Waals surface area (Å²) >= 11 is 0. The molecule has 2 nitrogen and oxygen atoms in total. The van der Waals surface area contributed by atoms with Crippen LogP contribution >= 0.6 is 0 Å². The number of hydrogen-bond acceptors (Lipinski definition) is 2. The van der Waals surface area contributed by atoms with E-state index in [0.29, 0.717) is 5.54 Å². The van der Waals surface area contributed by atoms with Crippen LogP contribution in [-0.4, -0.2) is 37.1 Å². The third-order valence-electron chi connectivity index (χ3n) is 2.78. The lowest BCUT2D eigenvalue weighted by Crippen LogP contribution is -2.42. The predicted octanol–water partition coefficient (Wildman–Crippen LogP) is 1.33. The van der Waals surface area contributed by atoms with Crippen molar-refractivity contribution in [3.05, 3.63) is 0 Å². The van der Waals surface area contributed by atoms with Crippen LogP contribution in [0.3, 0.4) is 0 Å². The molecular weight excluding hydrogens is 148 g/mol. The van der Waals surface area contributed by atoms with Crippen LogP contribution in [0.15, 0.2) is 0 Å². The number of hydrogen-bond donors (Lipinski definition) is 1. The van der Waals surface area contributed by atoms with Gasteiger partial charge < -0.3 is 10.2 Å². The second-order valence-electron chi connectivity index (χ2n) is 4.69. The smallest absolute Gasteiger partial charge is 0.0289 e. The van der Waals surface area contributed by atoms with Crippen LogP contribution in [0, 0.1) is 5.92 Å². The van der Waals surface area contributed by atoms with Gasteiger partial charge in [-0.2, -0.15) is 0 Å². The van der Waals surface area contributed by atoms with E-state index in [1.54, 1.807) is 0 Å². The molecule has 0 aliphatic carbocycles. The van der Waals surface area contributed by atoms with Gasteiger partial charge in [0.15, 0.2) is 0 Å². The summed E-state index contributed by atoms with van der Waals surface area (Å²) in [4.78, 5) is 2.56. The average Bonchev–Trinajstić information content (AvgIpc) is 2.32. The fraction of sp³-hybridized carbons (Fsp3) is 1.00. The molecule has 0 aromatic carbocycles. The summed E-state index contributed by atoms with van der Waals surface area (Å²) in [6.07, 6.45) is 1.29. The molecule has 0 aromatic rings. The summed E-state index contributed by atoms with van der Waals surface area (Å²) in [6, 6.07) is 0. The Hall–Kier alpha value is -0.0800. The number of likely N-dealkylation sites (N-methyl/N-ethyl adjacent to an activating group) is 1. The SMILES string of the molecule is CNC1(C)CCN(CC(C)C)C1. The zero-order valence-corrected chi connectivity index (χ0v) is 8.85. The van der Waals surface area contributed by atoms with Crippen molar-refractivity contribution in [2.45, 2.75) is 32.7 Å². The Bertz CT molecular complexity index is 145. The Labute approximate surface area is 76.3 Å². The van der Waals surface area contributed by atoms with Gasteiger partial charge in [0, 0.05) is 25.2 Å². The highest BCUT2D eigenvalue weighted by Crippen LogP contribution is 2.20. The monoisotopic (exact) mass is 170 g/mol. The molecule has 0 spiro atoms. The molecule has 1 fully saturated rings. The van der Waals surface area contributed by atoms with Gasteiger partial charge in [-0.25, -0.2) is 0 Å². The van der Waals surface area contributed by atoms with Crippen LogP contribution in [0.1, 0.15) is 27.2 Å². The van der Waals surface area contributed by atoms with Crippen LogP contribution in [0.2, 0.25) is 0 Å². The maximum Gasteiger partial charge on any atom is 0.0289 e. The first-order chi connectivity index (χ1) is 5.56. The van der Waals surface area contributed by atoms with Crippen LogP contribution in [0.4, 0.5) is 0 Å². The van der Waals surface area contributed by atoms with Crippen molar-refractivity contribution in [2.75, 3.05) is 26.7 Å². The zero-order chi connectivity index (χ0) is 9.19. The van der Waals surface area contributed by atoms with Crippen LogP contribution in [0.5, 0.6) is 0 Å². The lowest BCUT2D eigenvalue weighted by molar-refractivity contribution is 0.271. The number of nitrogens with zero attached hydrogens (tertiary/aromatic N) is 1. The van der Waals surface area contributed by atoms with Crippen molar-refractivity contribution in [3.8, 4) is 0 Å². The second-order valence-corrected chi connectivity index (χ2v) is 4.69. The van der Waals surface area contributed by atoms with Crippen molar-refractivity contribution >= 4 is 0 Å². The average molecular weight is 170 g/mol. The molecule has 0 aromatic heterocycles. The van der Waals surface area contributed by atoms with E-state index in [4.69, 9.17) is 0 Å². The van der Waals surface area contributed by atoms with Gasteiger partial charge in [-0.15, -0.1) is 0 Å². The standard InChI is InChI=1S/C10H22N2/c1-9(2)7-12-6-5-10(3,8-12)11-4/h9,11H,5-8H2,1-4H3. The molecule has 1 heterocycles. The molecular formula is C10H22N2. The van der Waals surface area contributed by atoms with Gasteiger partial charge in [-0.05, 0) is 26.3 Å². The summed E-state index contributed by atoms with van der Waals surface area (Å²) in [6.45, 7) is 10.6. The van der Waals surface area contributed by atoms with Gasteiger partial charge >= 0.3 is 0 Å². The summed E-state index contributed by atoms with van der Waals surface area (Å²) in [5.74, 6) is 0.796. The van der Waals surface area contributed by atoms with Crippen LogP contribution in [0.25, 0.3) is 0 Å². The van der Waals surface area contributed by atoms with E-state index in [-0.39, 0.29) is 0 Å². The summed E-state index contributed by atoms with van der Waals surface area (Å²) in [5, 5.41) is 3.40. The van der Waals surface area contributed by atoms with Crippen molar-refractivity contribution in [1.82, 2.24) is 10.2 Å². The normalized spacial score (nSPS) is 31.8. The third kappa shape index (κ3) is 2.46. The van der Waals surface area contributed by atoms with E-state index >= 15 is 0 Å². The topological polar surface area (TPSA) is 15.3 Å². The maximum absolute atomic E-state index is 3.40. The van der Waals surface area contributed by atoms with E-state index in [1.807, 2.05) is 0 Å². The van der Waals surface area contributed by atoms with Gasteiger partial charge in [0.1, 0.15) is 0 Å². The van der Waals surface area contributed by atoms with Gasteiger partial charge in [-0.1, -0.05) is 13.8 Å². The lowest BCUT2D eigenvalue weighted by atomic mass is 10.0. The minimum Gasteiger partial charge on any atom is -0.313 e. The van der Waals surface area contributed by atoms with Gasteiger partial charge in [0.05, 0.1) is 0 Å².